The summed E-state index contributed by atoms with van der Waals surface area (Å²) in [6.07, 6.45) is -1.93. The fraction of sp³-hybridized carbons (Fsp3) is 0.545. The van der Waals surface area contributed by atoms with Crippen molar-refractivity contribution in [2.75, 3.05) is 58.5 Å². The van der Waals surface area contributed by atoms with Crippen molar-refractivity contribution < 1.29 is 66.1 Å². The monoisotopic (exact) mass is 996 g/mol. The highest BCUT2D eigenvalue weighted by atomic mass is 32.2. The SMILES string of the molecule is C=NC(N)(c1ccc(C(=O)N[C@H](CC(=O)N(C=O)C(=O)C(S)Cc2ccc(O)cc2)C(=O)NCCCOCCOCCOCCCNC(=O)CCCC[C@@H]2SC[C@@H]3NC(=O)N[C@@H]32)cc1)C(F)(F)F. The summed E-state index contributed by atoms with van der Waals surface area (Å²) >= 11 is 6.10. The number of nitrogens with one attached hydrogen (secondary N) is 5. The van der Waals surface area contributed by atoms with E-state index < -0.39 is 58.7 Å². The van der Waals surface area contributed by atoms with Gasteiger partial charge in [0.25, 0.3) is 5.91 Å². The number of hydrogen-bond donors (Lipinski definition) is 8. The van der Waals surface area contributed by atoms with E-state index in [1.54, 1.807) is 0 Å². The first-order valence-corrected chi connectivity index (χ1v) is 23.5. The van der Waals surface area contributed by atoms with Gasteiger partial charge >= 0.3 is 12.2 Å². The van der Waals surface area contributed by atoms with E-state index >= 15 is 0 Å². The second kappa shape index (κ2) is 27.7. The van der Waals surface area contributed by atoms with Crippen molar-refractivity contribution in [3.8, 4) is 5.75 Å². The number of carbonyl (C=O) groups excluding carboxylic acids is 7. The third-order valence-electron chi connectivity index (χ3n) is 10.9. The number of urea groups is 1. The molecule has 0 aliphatic carbocycles. The highest BCUT2D eigenvalue weighted by Gasteiger charge is 2.53. The Kier molecular flexibility index (Phi) is 22.5. The van der Waals surface area contributed by atoms with Crippen molar-refractivity contribution in [3.63, 3.8) is 0 Å². The van der Waals surface area contributed by atoms with Crippen LogP contribution in [0, 0.1) is 0 Å². The molecule has 68 heavy (non-hydrogen) atoms. The molecule has 6 atom stereocenters. The minimum Gasteiger partial charge on any atom is -0.508 e. The van der Waals surface area contributed by atoms with Gasteiger partial charge in [0.15, 0.2) is 0 Å². The number of thiol groups is 1. The Morgan fingerprint density at radius 2 is 1.54 bits per heavy atom. The number of nitrogens with two attached hydrogens (primary N) is 1. The van der Waals surface area contributed by atoms with E-state index in [0.717, 1.165) is 49.3 Å². The van der Waals surface area contributed by atoms with Gasteiger partial charge in [-0.05, 0) is 68.7 Å². The molecule has 8 amide bonds. The summed E-state index contributed by atoms with van der Waals surface area (Å²) in [7, 11) is 0. The molecule has 374 valence electrons. The second-order valence-corrected chi connectivity index (χ2v) is 17.8. The molecule has 19 nitrogen and oxygen atoms in total. The first-order chi connectivity index (χ1) is 32.5. The van der Waals surface area contributed by atoms with Gasteiger partial charge in [0.1, 0.15) is 11.8 Å². The lowest BCUT2D eigenvalue weighted by Crippen LogP contribution is -2.51. The van der Waals surface area contributed by atoms with Gasteiger partial charge in [-0.3, -0.25) is 39.5 Å². The first-order valence-electron chi connectivity index (χ1n) is 22.0. The number of aromatic hydroxyl groups is 1. The van der Waals surface area contributed by atoms with E-state index in [0.29, 0.717) is 50.0 Å². The number of rotatable bonds is 30. The lowest BCUT2D eigenvalue weighted by Gasteiger charge is -2.27. The Hall–Kier alpha value is -5.27. The van der Waals surface area contributed by atoms with Gasteiger partial charge in [0, 0.05) is 54.9 Å². The van der Waals surface area contributed by atoms with Crippen LogP contribution in [0.1, 0.15) is 66.4 Å². The number of phenolic OH excluding ortho intramolecular Hbond substituents is 1. The fourth-order valence-corrected chi connectivity index (χ4v) is 8.98. The minimum absolute atomic E-state index is 0.00280. The van der Waals surface area contributed by atoms with E-state index in [1.807, 2.05) is 11.8 Å². The summed E-state index contributed by atoms with van der Waals surface area (Å²) in [5.74, 6) is -3.15. The molecule has 2 aromatic rings. The van der Waals surface area contributed by atoms with Crippen LogP contribution in [-0.2, 0) is 50.3 Å². The lowest BCUT2D eigenvalue weighted by molar-refractivity contribution is -0.186. The number of ether oxygens (including phenoxy) is 3. The number of benzene rings is 2. The van der Waals surface area contributed by atoms with Crippen molar-refractivity contribution in [1.29, 1.82) is 0 Å². The molecule has 0 aromatic heterocycles. The molecule has 2 aliphatic heterocycles. The molecule has 2 unspecified atom stereocenters. The molecule has 2 fully saturated rings. The zero-order valence-electron chi connectivity index (χ0n) is 37.3. The van der Waals surface area contributed by atoms with Gasteiger partial charge in [-0.15, -0.1) is 0 Å². The topological polar surface area (TPSA) is 269 Å². The van der Waals surface area contributed by atoms with Crippen molar-refractivity contribution in [1.82, 2.24) is 31.5 Å². The predicted octanol–water partition coefficient (Wildman–Crippen LogP) is 2.10. The van der Waals surface area contributed by atoms with E-state index in [2.05, 4.69) is 50.9 Å². The molecule has 0 spiro atoms. The number of imide groups is 3. The Morgan fingerprint density at radius 1 is 0.926 bits per heavy atom. The predicted molar refractivity (Wildman–Crippen MR) is 248 cm³/mol. The maximum absolute atomic E-state index is 13.6. The number of aliphatic imine (C=N–C) groups is 1. The number of halogens is 3. The minimum atomic E-state index is -5.02. The Balaban J connectivity index is 1.13. The van der Waals surface area contributed by atoms with Crippen LogP contribution in [0.2, 0.25) is 0 Å². The smallest absolute Gasteiger partial charge is 0.431 e. The number of amides is 8. The average molecular weight is 997 g/mol. The number of nitrogens with zero attached hydrogens (tertiary/aromatic N) is 2. The highest BCUT2D eigenvalue weighted by molar-refractivity contribution is 8.00. The summed E-state index contributed by atoms with van der Waals surface area (Å²) in [4.78, 5) is 92.0. The summed E-state index contributed by atoms with van der Waals surface area (Å²) in [5, 5.41) is 22.4. The Labute approximate surface area is 401 Å². The quantitative estimate of drug-likeness (QED) is 0.0184. The molecule has 0 bridgehead atoms. The third-order valence-corrected chi connectivity index (χ3v) is 12.8. The number of unbranched alkanes of at least 4 members (excludes halogenated alkanes) is 1. The molecule has 8 N–H and O–H groups in total. The van der Waals surface area contributed by atoms with E-state index in [9.17, 15) is 51.8 Å². The maximum atomic E-state index is 13.6. The van der Waals surface area contributed by atoms with Gasteiger partial charge in [-0.2, -0.15) is 37.6 Å². The number of thioether (sulfide) groups is 1. The Bertz CT molecular complexity index is 2020. The molecule has 2 aliphatic rings. The van der Waals surface area contributed by atoms with Crippen LogP contribution in [0.5, 0.6) is 5.75 Å². The first kappa shape index (κ1) is 55.3. The third kappa shape index (κ3) is 17.0. The van der Waals surface area contributed by atoms with Gasteiger partial charge in [0.05, 0.1) is 50.2 Å². The second-order valence-electron chi connectivity index (χ2n) is 15.9. The standard InChI is InChI=1S/C44H59F3N8O11S2/c1-49-43(48,44(45,46)47)30-12-10-29(11-13-30)39(60)52-32(25-37(59)55(27-56)41(62)34(67)24-28-8-14-31(57)15-9-28)40(61)51-17-5-19-65-21-23-66-22-20-64-18-4-16-50-36(58)7-3-2-6-35-38-33(26-68-35)53-42(63)54-38/h8-15,27,32-35,38,57,67H,1-7,16-26,48H2,(H,50,58)(H,51,61)(H,52,60)(H2,53,54,63)/t32-,33+,34?,35+,38+,43?/m1/s1. The molecule has 2 saturated heterocycles. The van der Waals surface area contributed by atoms with E-state index in [-0.39, 0.29) is 85.9 Å². The van der Waals surface area contributed by atoms with Crippen molar-refractivity contribution >= 4 is 73.1 Å². The zero-order chi connectivity index (χ0) is 49.7. The van der Waals surface area contributed by atoms with Gasteiger partial charge < -0.3 is 45.9 Å². The van der Waals surface area contributed by atoms with Gasteiger partial charge in [-0.1, -0.05) is 30.7 Å². The van der Waals surface area contributed by atoms with Crippen LogP contribution in [-0.4, -0.2) is 152 Å². The average Bonchev–Trinajstić information content (AvgIpc) is 3.87. The Morgan fingerprint density at radius 3 is 2.15 bits per heavy atom. The molecule has 2 aromatic carbocycles. The van der Waals surface area contributed by atoms with Gasteiger partial charge in [-0.25, -0.2) is 9.69 Å². The molecular weight excluding hydrogens is 938 g/mol. The largest absolute Gasteiger partial charge is 0.508 e. The van der Waals surface area contributed by atoms with Crippen LogP contribution in [0.25, 0.3) is 0 Å². The van der Waals surface area contributed by atoms with Gasteiger partial charge in [0.2, 0.25) is 35.7 Å². The van der Waals surface area contributed by atoms with Crippen LogP contribution >= 0.6 is 24.4 Å². The number of carbonyl (C=O) groups is 7. The number of fused-ring (bicyclic) bond motifs is 1. The molecule has 0 saturated carbocycles. The summed E-state index contributed by atoms with van der Waals surface area (Å²) in [6, 6.07) is 8.20. The summed E-state index contributed by atoms with van der Waals surface area (Å²) in [6.45, 7) is 5.21. The normalized spacial score (nSPS) is 18.2. The zero-order valence-corrected chi connectivity index (χ0v) is 39.0. The van der Waals surface area contributed by atoms with Crippen LogP contribution in [0.3, 0.4) is 0 Å². The molecule has 2 heterocycles. The van der Waals surface area contributed by atoms with E-state index in [1.165, 1.54) is 24.3 Å². The maximum Gasteiger partial charge on any atom is 0.431 e. The number of phenols is 1. The number of alkyl halides is 3. The lowest BCUT2D eigenvalue weighted by atomic mass is 9.98. The molecule has 0 radical (unpaired) electrons. The van der Waals surface area contributed by atoms with E-state index in [4.69, 9.17) is 19.9 Å². The van der Waals surface area contributed by atoms with Crippen LogP contribution in [0.4, 0.5) is 18.0 Å². The number of hydrogen-bond acceptors (Lipinski definition) is 15. The van der Waals surface area contributed by atoms with Crippen molar-refractivity contribution in [3.05, 3.63) is 65.2 Å². The van der Waals surface area contributed by atoms with Crippen LogP contribution < -0.4 is 32.3 Å². The fourth-order valence-electron chi connectivity index (χ4n) is 7.10. The summed E-state index contributed by atoms with van der Waals surface area (Å²) < 4.78 is 57.5. The van der Waals surface area contributed by atoms with Crippen molar-refractivity contribution in [2.45, 2.75) is 91.8 Å². The molecular formula is C44H59F3N8O11S2. The van der Waals surface area contributed by atoms with Crippen LogP contribution in [0.15, 0.2) is 53.5 Å². The highest BCUT2D eigenvalue weighted by Crippen LogP contribution is 2.38. The molecule has 24 heteroatoms. The summed E-state index contributed by atoms with van der Waals surface area (Å²) in [5.41, 5.74) is 2.08. The van der Waals surface area contributed by atoms with Crippen molar-refractivity contribution in [2.24, 2.45) is 10.7 Å². The molecule has 4 rings (SSSR count).